The summed E-state index contributed by atoms with van der Waals surface area (Å²) in [6.07, 6.45) is -2.95. The van der Waals surface area contributed by atoms with Gasteiger partial charge < -0.3 is 25.6 Å². The third-order valence-corrected chi connectivity index (χ3v) is 2.64. The van der Waals surface area contributed by atoms with Crippen molar-refractivity contribution in [1.82, 2.24) is 10.6 Å². The summed E-state index contributed by atoms with van der Waals surface area (Å²) in [4.78, 5) is 21.9. The van der Waals surface area contributed by atoms with E-state index in [0.29, 0.717) is 0 Å². The molecule has 1 rings (SSSR count). The van der Waals surface area contributed by atoms with E-state index in [4.69, 9.17) is 4.74 Å². The minimum Gasteiger partial charge on any atom is -0.389 e. The van der Waals surface area contributed by atoms with Crippen LogP contribution in [0.4, 0.5) is 0 Å². The van der Waals surface area contributed by atoms with Gasteiger partial charge in [-0.3, -0.25) is 9.59 Å². The fourth-order valence-corrected chi connectivity index (χ4v) is 1.89. The third-order valence-electron chi connectivity index (χ3n) is 2.64. The first-order chi connectivity index (χ1) is 7.82. The van der Waals surface area contributed by atoms with E-state index >= 15 is 0 Å². The zero-order valence-electron chi connectivity index (χ0n) is 10.0. The van der Waals surface area contributed by atoms with Crippen molar-refractivity contribution in [3.8, 4) is 0 Å². The fraction of sp³-hybridized carbons (Fsp3) is 0.800. The molecule has 0 bridgehead atoms. The zero-order valence-corrected chi connectivity index (χ0v) is 10.0. The Morgan fingerprint density at radius 2 is 1.53 bits per heavy atom. The summed E-state index contributed by atoms with van der Waals surface area (Å²) in [5.41, 5.74) is 0. The van der Waals surface area contributed by atoms with Gasteiger partial charge >= 0.3 is 0 Å². The van der Waals surface area contributed by atoms with Gasteiger partial charge in [0.25, 0.3) is 0 Å². The minimum absolute atomic E-state index is 0.317. The van der Waals surface area contributed by atoms with E-state index in [9.17, 15) is 19.8 Å². The zero-order chi connectivity index (χ0) is 13.2. The van der Waals surface area contributed by atoms with Crippen LogP contribution in [0.2, 0.25) is 0 Å². The molecule has 0 aromatic carbocycles. The molecule has 7 heteroatoms. The van der Waals surface area contributed by atoms with Gasteiger partial charge in [0, 0.05) is 13.8 Å². The first kappa shape index (κ1) is 13.9. The largest absolute Gasteiger partial charge is 0.389 e. The highest BCUT2D eigenvalue weighted by molar-refractivity contribution is 5.74. The Kier molecular flexibility index (Phi) is 4.44. The standard InChI is InChI=1S/C10H18N2O5/c1-4-7(11-5(2)13)9(15)8(10(16)17-4)12-6(3)14/h4,7-10,15-16H,1-3H3,(H,11,13)(H,12,14)/t4?,7-,8?,9+,10?/m1/s1. The fourth-order valence-electron chi connectivity index (χ4n) is 1.89. The predicted octanol–water partition coefficient (Wildman–Crippen LogP) is -1.91. The molecule has 0 saturated carbocycles. The molecule has 98 valence electrons. The molecule has 0 spiro atoms. The molecule has 2 amide bonds. The average Bonchev–Trinajstić information content (AvgIpc) is 2.18. The van der Waals surface area contributed by atoms with Crippen LogP contribution in [0.15, 0.2) is 0 Å². The van der Waals surface area contributed by atoms with E-state index in [2.05, 4.69) is 10.6 Å². The lowest BCUT2D eigenvalue weighted by molar-refractivity contribution is -0.214. The average molecular weight is 246 g/mol. The number of carbonyl (C=O) groups excluding carboxylic acids is 2. The summed E-state index contributed by atoms with van der Waals surface area (Å²) in [5, 5.41) is 24.5. The molecular formula is C10H18N2O5. The predicted molar refractivity (Wildman–Crippen MR) is 57.8 cm³/mol. The van der Waals surface area contributed by atoms with Gasteiger partial charge in [-0.25, -0.2) is 0 Å². The van der Waals surface area contributed by atoms with E-state index < -0.39 is 36.5 Å². The number of hydrogen-bond donors (Lipinski definition) is 4. The number of hydrogen-bond acceptors (Lipinski definition) is 5. The molecule has 4 N–H and O–H groups in total. The quantitative estimate of drug-likeness (QED) is 0.455. The third kappa shape index (κ3) is 3.39. The van der Waals surface area contributed by atoms with Gasteiger partial charge in [-0.15, -0.1) is 0 Å². The molecule has 17 heavy (non-hydrogen) atoms. The maximum Gasteiger partial charge on any atom is 0.217 e. The highest BCUT2D eigenvalue weighted by atomic mass is 16.6. The monoisotopic (exact) mass is 246 g/mol. The lowest BCUT2D eigenvalue weighted by atomic mass is 9.95. The van der Waals surface area contributed by atoms with Crippen LogP contribution in [-0.2, 0) is 14.3 Å². The molecule has 1 saturated heterocycles. The minimum atomic E-state index is -1.30. The first-order valence-corrected chi connectivity index (χ1v) is 5.38. The van der Waals surface area contributed by atoms with Crippen LogP contribution in [0, 0.1) is 0 Å². The highest BCUT2D eigenvalue weighted by Crippen LogP contribution is 2.19. The van der Waals surface area contributed by atoms with Crippen molar-refractivity contribution in [3.63, 3.8) is 0 Å². The lowest BCUT2D eigenvalue weighted by Gasteiger charge is -2.42. The maximum absolute atomic E-state index is 11.0. The molecule has 0 radical (unpaired) electrons. The van der Waals surface area contributed by atoms with Crippen LogP contribution in [0.1, 0.15) is 20.8 Å². The summed E-state index contributed by atoms with van der Waals surface area (Å²) >= 11 is 0. The van der Waals surface area contributed by atoms with Gasteiger partial charge in [0.15, 0.2) is 6.29 Å². The second-order valence-corrected chi connectivity index (χ2v) is 4.17. The number of aliphatic hydroxyl groups is 2. The Balaban J connectivity index is 2.78. The SMILES string of the molecule is CC(=O)NC1C(O)OC(C)[C@@H](NC(C)=O)[C@@H]1O. The summed E-state index contributed by atoms with van der Waals surface area (Å²) < 4.78 is 5.15. The molecular weight excluding hydrogens is 228 g/mol. The highest BCUT2D eigenvalue weighted by Gasteiger charge is 2.43. The molecule has 0 aromatic rings. The van der Waals surface area contributed by atoms with Gasteiger partial charge in [-0.05, 0) is 6.92 Å². The second kappa shape index (κ2) is 5.44. The molecule has 1 heterocycles. The Morgan fingerprint density at radius 1 is 1.06 bits per heavy atom. The van der Waals surface area contributed by atoms with E-state index in [1.807, 2.05) is 0 Å². The Morgan fingerprint density at radius 3 is 2.00 bits per heavy atom. The number of rotatable bonds is 2. The van der Waals surface area contributed by atoms with Crippen molar-refractivity contribution in [2.45, 2.75) is 51.4 Å². The number of carbonyl (C=O) groups is 2. The van der Waals surface area contributed by atoms with Crippen LogP contribution >= 0.6 is 0 Å². The van der Waals surface area contributed by atoms with Crippen LogP contribution < -0.4 is 10.6 Å². The summed E-state index contributed by atoms with van der Waals surface area (Å²) in [7, 11) is 0. The van der Waals surface area contributed by atoms with Crippen molar-refractivity contribution in [1.29, 1.82) is 0 Å². The van der Waals surface area contributed by atoms with Crippen molar-refractivity contribution < 1.29 is 24.5 Å². The van der Waals surface area contributed by atoms with Crippen molar-refractivity contribution in [2.24, 2.45) is 0 Å². The van der Waals surface area contributed by atoms with Gasteiger partial charge in [0.2, 0.25) is 11.8 Å². The molecule has 7 nitrogen and oxygen atoms in total. The Labute approximate surface area is 99.1 Å². The molecule has 5 atom stereocenters. The van der Waals surface area contributed by atoms with Gasteiger partial charge in [-0.2, -0.15) is 0 Å². The van der Waals surface area contributed by atoms with Crippen molar-refractivity contribution >= 4 is 11.8 Å². The van der Waals surface area contributed by atoms with Gasteiger partial charge in [-0.1, -0.05) is 0 Å². The first-order valence-electron chi connectivity index (χ1n) is 5.38. The van der Waals surface area contributed by atoms with Crippen LogP contribution in [-0.4, -0.2) is 52.6 Å². The van der Waals surface area contributed by atoms with Gasteiger partial charge in [0.05, 0.1) is 12.1 Å². The molecule has 1 fully saturated rings. The number of nitrogens with one attached hydrogen (secondary N) is 2. The van der Waals surface area contributed by atoms with E-state index in [1.165, 1.54) is 13.8 Å². The maximum atomic E-state index is 11.0. The molecule has 0 aromatic heterocycles. The number of amides is 2. The lowest BCUT2D eigenvalue weighted by Crippen LogP contribution is -2.66. The second-order valence-electron chi connectivity index (χ2n) is 4.17. The van der Waals surface area contributed by atoms with E-state index in [-0.39, 0.29) is 5.91 Å². The molecule has 3 unspecified atom stereocenters. The van der Waals surface area contributed by atoms with Crippen LogP contribution in [0.25, 0.3) is 0 Å². The Bertz CT molecular complexity index is 281. The van der Waals surface area contributed by atoms with Crippen LogP contribution in [0.3, 0.4) is 0 Å². The summed E-state index contributed by atoms with van der Waals surface area (Å²) in [6, 6.07) is -1.63. The van der Waals surface area contributed by atoms with Crippen molar-refractivity contribution in [2.75, 3.05) is 0 Å². The molecule has 1 aliphatic rings. The number of aliphatic hydroxyl groups excluding tert-OH is 2. The smallest absolute Gasteiger partial charge is 0.217 e. The molecule has 1 aliphatic heterocycles. The number of ether oxygens (including phenoxy) is 1. The van der Waals surface area contributed by atoms with Crippen LogP contribution in [0.5, 0.6) is 0 Å². The van der Waals surface area contributed by atoms with E-state index in [1.54, 1.807) is 6.92 Å². The van der Waals surface area contributed by atoms with E-state index in [0.717, 1.165) is 0 Å². The van der Waals surface area contributed by atoms with Gasteiger partial charge in [0.1, 0.15) is 12.1 Å². The summed E-state index contributed by atoms with van der Waals surface area (Å²) in [6.45, 7) is 4.21. The summed E-state index contributed by atoms with van der Waals surface area (Å²) in [5.74, 6) is -0.713. The topological polar surface area (TPSA) is 108 Å². The van der Waals surface area contributed by atoms with Crippen molar-refractivity contribution in [3.05, 3.63) is 0 Å². The normalized spacial score (nSPS) is 37.4. The molecule has 0 aliphatic carbocycles. The Hall–Kier alpha value is -1.18.